The molecule has 1 saturated heterocycles. The summed E-state index contributed by atoms with van der Waals surface area (Å²) in [5.74, 6) is -0.517. The number of methoxy groups -OCH3 is 1. The number of aromatic nitrogens is 2. The van der Waals surface area contributed by atoms with Gasteiger partial charge in [0, 0.05) is 50.4 Å². The number of Topliss-reactive ketones (excluding diaryl/α,β-unsaturated/α-hetero) is 1. The Balaban J connectivity index is 1.39. The van der Waals surface area contributed by atoms with Crippen molar-refractivity contribution in [1.82, 2.24) is 14.5 Å². The summed E-state index contributed by atoms with van der Waals surface area (Å²) in [4.78, 5) is 56.0. The molecule has 2 aromatic carbocycles. The lowest BCUT2D eigenvalue weighted by Gasteiger charge is -2.36. The van der Waals surface area contributed by atoms with Crippen LogP contribution < -0.4 is 10.5 Å². The van der Waals surface area contributed by atoms with Crippen molar-refractivity contribution in [3.05, 3.63) is 68.7 Å². The highest BCUT2D eigenvalue weighted by Gasteiger charge is 2.22. The van der Waals surface area contributed by atoms with Crippen molar-refractivity contribution >= 4 is 46.5 Å². The molecule has 1 amide bonds. The number of carbonyl (C=O) groups is 3. The van der Waals surface area contributed by atoms with Gasteiger partial charge in [0.05, 0.1) is 23.6 Å². The molecule has 0 unspecified atom stereocenters. The lowest BCUT2D eigenvalue weighted by molar-refractivity contribution is -0.131. The number of aromatic amines is 1. The Labute approximate surface area is 206 Å². The Bertz CT molecular complexity index is 1400. The van der Waals surface area contributed by atoms with Gasteiger partial charge in [-0.1, -0.05) is 0 Å². The first-order valence-corrected chi connectivity index (χ1v) is 11.7. The number of anilines is 1. The van der Waals surface area contributed by atoms with Crippen LogP contribution in [-0.2, 0) is 16.1 Å². The number of fused-ring (bicyclic) bond motifs is 1. The quantitative estimate of drug-likeness (QED) is 0.319. The van der Waals surface area contributed by atoms with Crippen LogP contribution in [-0.4, -0.2) is 65.4 Å². The molecule has 1 fully saturated rings. The summed E-state index contributed by atoms with van der Waals surface area (Å²) in [5.41, 5.74) is 2.14. The standard InChI is InChI=1S/C25H26N4O5S/c1-16(30)17-3-6-19(7-4-17)27-11-13-28(14-12-27)22(31)9-10-29-23(32)20-8-5-18(24(33)34-2)15-21(20)26-25(29)35/h3-8,15H,9-14H2,1-2H3,(H,26,35). The second-order valence-corrected chi connectivity index (χ2v) is 8.75. The first-order valence-electron chi connectivity index (χ1n) is 11.3. The highest BCUT2D eigenvalue weighted by Crippen LogP contribution is 2.18. The summed E-state index contributed by atoms with van der Waals surface area (Å²) in [5, 5.41) is 0.378. The summed E-state index contributed by atoms with van der Waals surface area (Å²) in [6.45, 7) is 4.22. The van der Waals surface area contributed by atoms with E-state index in [1.807, 2.05) is 24.3 Å². The van der Waals surface area contributed by atoms with Crippen molar-refractivity contribution in [3.63, 3.8) is 0 Å². The molecule has 10 heteroatoms. The van der Waals surface area contributed by atoms with Crippen LogP contribution in [0.5, 0.6) is 0 Å². The van der Waals surface area contributed by atoms with E-state index in [4.69, 9.17) is 17.0 Å². The van der Waals surface area contributed by atoms with Crippen molar-refractivity contribution in [2.24, 2.45) is 0 Å². The number of nitrogens with zero attached hydrogens (tertiary/aromatic N) is 3. The van der Waals surface area contributed by atoms with Gasteiger partial charge in [-0.25, -0.2) is 4.79 Å². The van der Waals surface area contributed by atoms with Gasteiger partial charge in [-0.05, 0) is 61.6 Å². The largest absolute Gasteiger partial charge is 0.465 e. The van der Waals surface area contributed by atoms with Gasteiger partial charge >= 0.3 is 5.97 Å². The summed E-state index contributed by atoms with van der Waals surface area (Å²) >= 11 is 5.35. The van der Waals surface area contributed by atoms with Crippen LogP contribution in [0.15, 0.2) is 47.3 Å². The van der Waals surface area contributed by atoms with Crippen molar-refractivity contribution in [2.75, 3.05) is 38.2 Å². The number of amides is 1. The number of esters is 1. The molecule has 0 radical (unpaired) electrons. The summed E-state index contributed by atoms with van der Waals surface area (Å²) < 4.78 is 6.28. The summed E-state index contributed by atoms with van der Waals surface area (Å²) in [7, 11) is 1.29. The zero-order chi connectivity index (χ0) is 25.1. The predicted octanol–water partition coefficient (Wildman–Crippen LogP) is 2.79. The average molecular weight is 495 g/mol. The summed E-state index contributed by atoms with van der Waals surface area (Å²) in [6, 6.07) is 12.1. The zero-order valence-electron chi connectivity index (χ0n) is 19.6. The molecule has 35 heavy (non-hydrogen) atoms. The van der Waals surface area contributed by atoms with E-state index in [-0.39, 0.29) is 35.0 Å². The number of hydrogen-bond donors (Lipinski definition) is 1. The van der Waals surface area contributed by atoms with Crippen LogP contribution in [0.25, 0.3) is 10.9 Å². The average Bonchev–Trinajstić information content (AvgIpc) is 2.87. The Morgan fingerprint density at radius 2 is 1.66 bits per heavy atom. The Kier molecular flexibility index (Phi) is 7.11. The zero-order valence-corrected chi connectivity index (χ0v) is 20.4. The van der Waals surface area contributed by atoms with Crippen molar-refractivity contribution in [2.45, 2.75) is 19.9 Å². The number of carbonyl (C=O) groups excluding carboxylic acids is 3. The fraction of sp³-hybridized carbons (Fsp3) is 0.320. The molecular weight excluding hydrogens is 468 g/mol. The van der Waals surface area contributed by atoms with E-state index in [0.717, 1.165) is 5.69 Å². The van der Waals surface area contributed by atoms with Crippen LogP contribution in [0.4, 0.5) is 5.69 Å². The Morgan fingerprint density at radius 3 is 2.29 bits per heavy atom. The molecule has 0 bridgehead atoms. The maximum absolute atomic E-state index is 13.0. The number of benzene rings is 2. The van der Waals surface area contributed by atoms with E-state index in [1.165, 1.54) is 23.8 Å². The first-order chi connectivity index (χ1) is 16.8. The molecule has 0 saturated carbocycles. The number of H-pyrrole nitrogens is 1. The second-order valence-electron chi connectivity index (χ2n) is 8.36. The third-order valence-corrected chi connectivity index (χ3v) is 6.55. The molecule has 1 aromatic heterocycles. The number of rotatable bonds is 6. The smallest absolute Gasteiger partial charge is 0.337 e. The van der Waals surface area contributed by atoms with Crippen LogP contribution in [0.3, 0.4) is 0 Å². The normalized spacial score (nSPS) is 13.7. The molecule has 0 atom stereocenters. The topological polar surface area (TPSA) is 105 Å². The van der Waals surface area contributed by atoms with Crippen molar-refractivity contribution in [1.29, 1.82) is 0 Å². The van der Waals surface area contributed by atoms with E-state index in [0.29, 0.717) is 48.2 Å². The molecule has 4 rings (SSSR count). The van der Waals surface area contributed by atoms with Crippen LogP contribution in [0, 0.1) is 4.77 Å². The van der Waals surface area contributed by atoms with E-state index < -0.39 is 5.97 Å². The van der Waals surface area contributed by atoms with Crippen molar-refractivity contribution in [3.8, 4) is 0 Å². The molecule has 1 aliphatic heterocycles. The van der Waals surface area contributed by atoms with Crippen LogP contribution >= 0.6 is 12.2 Å². The van der Waals surface area contributed by atoms with Crippen LogP contribution in [0.2, 0.25) is 0 Å². The van der Waals surface area contributed by atoms with Gasteiger partial charge in [0.25, 0.3) is 5.56 Å². The third kappa shape index (κ3) is 5.17. The fourth-order valence-corrected chi connectivity index (χ4v) is 4.47. The number of hydrogen-bond acceptors (Lipinski definition) is 7. The molecule has 182 valence electrons. The van der Waals surface area contributed by atoms with Gasteiger partial charge < -0.3 is 19.5 Å². The van der Waals surface area contributed by atoms with Crippen molar-refractivity contribution < 1.29 is 19.1 Å². The van der Waals surface area contributed by atoms with E-state index in [9.17, 15) is 19.2 Å². The number of piperazine rings is 1. The summed E-state index contributed by atoms with van der Waals surface area (Å²) in [6.07, 6.45) is 0.149. The molecule has 3 aromatic rings. The maximum atomic E-state index is 13.0. The maximum Gasteiger partial charge on any atom is 0.337 e. The Hall–Kier alpha value is -3.79. The highest BCUT2D eigenvalue weighted by molar-refractivity contribution is 7.71. The molecule has 0 aliphatic carbocycles. The van der Waals surface area contributed by atoms with Gasteiger partial charge in [0.2, 0.25) is 5.91 Å². The lowest BCUT2D eigenvalue weighted by atomic mass is 10.1. The third-order valence-electron chi connectivity index (χ3n) is 6.22. The number of nitrogens with one attached hydrogen (secondary N) is 1. The van der Waals surface area contributed by atoms with E-state index >= 15 is 0 Å². The van der Waals surface area contributed by atoms with E-state index in [2.05, 4.69) is 9.88 Å². The SMILES string of the molecule is COC(=O)c1ccc2c(=O)n(CCC(=O)N3CCN(c4ccc(C(C)=O)cc4)CC3)c(=S)[nH]c2c1. The minimum atomic E-state index is -0.505. The van der Waals surface area contributed by atoms with Crippen LogP contribution in [0.1, 0.15) is 34.1 Å². The monoisotopic (exact) mass is 494 g/mol. The highest BCUT2D eigenvalue weighted by atomic mass is 32.1. The minimum absolute atomic E-state index is 0.0308. The predicted molar refractivity (Wildman–Crippen MR) is 135 cm³/mol. The molecule has 9 nitrogen and oxygen atoms in total. The van der Waals surface area contributed by atoms with Gasteiger partial charge in [-0.3, -0.25) is 19.0 Å². The molecule has 1 aliphatic rings. The Morgan fingerprint density at radius 1 is 1.00 bits per heavy atom. The van der Waals surface area contributed by atoms with Gasteiger partial charge in [-0.15, -0.1) is 0 Å². The molecule has 2 heterocycles. The molecular formula is C25H26N4O5S. The molecule has 0 spiro atoms. The molecule has 1 N–H and O–H groups in total. The second kappa shape index (κ2) is 10.2. The van der Waals surface area contributed by atoms with Gasteiger partial charge in [0.15, 0.2) is 10.6 Å². The number of ketones is 1. The van der Waals surface area contributed by atoms with Gasteiger partial charge in [0.1, 0.15) is 0 Å². The van der Waals surface area contributed by atoms with E-state index in [1.54, 1.807) is 17.9 Å². The number of ether oxygens (including phenoxy) is 1. The lowest BCUT2D eigenvalue weighted by Crippen LogP contribution is -2.49. The first kappa shape index (κ1) is 24.3. The fourth-order valence-electron chi connectivity index (χ4n) is 4.19. The minimum Gasteiger partial charge on any atom is -0.465 e. The van der Waals surface area contributed by atoms with Gasteiger partial charge in [-0.2, -0.15) is 0 Å².